The molecule has 0 unspecified atom stereocenters. The number of hydrogen-bond donors (Lipinski definition) is 2. The third-order valence-corrected chi connectivity index (χ3v) is 3.86. The number of para-hydroxylation sites is 1. The first kappa shape index (κ1) is 17.4. The van der Waals surface area contributed by atoms with Crippen LogP contribution >= 0.6 is 0 Å². The fraction of sp³-hybridized carbons (Fsp3) is 0.150. The SMILES string of the molecule is COc1ccc(C)cc1NC(=O)CC(=O)Nc1cccc2cccnc12. The van der Waals surface area contributed by atoms with Gasteiger partial charge in [-0.3, -0.25) is 14.6 Å². The minimum Gasteiger partial charge on any atom is -0.495 e. The van der Waals surface area contributed by atoms with Crippen LogP contribution in [0.5, 0.6) is 5.75 Å². The van der Waals surface area contributed by atoms with Crippen molar-refractivity contribution in [3.05, 3.63) is 60.3 Å². The molecule has 0 saturated heterocycles. The number of amides is 2. The van der Waals surface area contributed by atoms with E-state index in [1.54, 1.807) is 24.4 Å². The Bertz CT molecular complexity index is 964. The maximum atomic E-state index is 12.2. The zero-order valence-corrected chi connectivity index (χ0v) is 14.6. The Morgan fingerprint density at radius 3 is 2.50 bits per heavy atom. The summed E-state index contributed by atoms with van der Waals surface area (Å²) in [7, 11) is 1.53. The molecule has 6 heteroatoms. The van der Waals surface area contributed by atoms with E-state index in [1.807, 2.05) is 37.3 Å². The molecule has 0 spiro atoms. The third kappa shape index (κ3) is 3.97. The van der Waals surface area contributed by atoms with Crippen LogP contribution in [0.4, 0.5) is 11.4 Å². The average molecular weight is 349 g/mol. The number of nitrogens with one attached hydrogen (secondary N) is 2. The molecule has 1 heterocycles. The fourth-order valence-electron chi connectivity index (χ4n) is 2.66. The molecule has 3 aromatic rings. The zero-order valence-electron chi connectivity index (χ0n) is 14.6. The predicted molar refractivity (Wildman–Crippen MR) is 101 cm³/mol. The number of methoxy groups -OCH3 is 1. The van der Waals surface area contributed by atoms with Crippen LogP contribution in [0.1, 0.15) is 12.0 Å². The van der Waals surface area contributed by atoms with Gasteiger partial charge in [0.05, 0.1) is 24.0 Å². The molecule has 0 bridgehead atoms. The van der Waals surface area contributed by atoms with Gasteiger partial charge in [-0.1, -0.05) is 24.3 Å². The monoisotopic (exact) mass is 349 g/mol. The number of aromatic nitrogens is 1. The van der Waals surface area contributed by atoms with Crippen molar-refractivity contribution in [2.24, 2.45) is 0 Å². The quantitative estimate of drug-likeness (QED) is 0.691. The van der Waals surface area contributed by atoms with Gasteiger partial charge in [-0.05, 0) is 36.8 Å². The van der Waals surface area contributed by atoms with Gasteiger partial charge in [-0.25, -0.2) is 0 Å². The van der Waals surface area contributed by atoms with Gasteiger partial charge >= 0.3 is 0 Å². The second kappa shape index (κ2) is 7.65. The summed E-state index contributed by atoms with van der Waals surface area (Å²) in [6.07, 6.45) is 1.36. The number of anilines is 2. The fourth-order valence-corrected chi connectivity index (χ4v) is 2.66. The van der Waals surface area contributed by atoms with Crippen molar-refractivity contribution in [2.75, 3.05) is 17.7 Å². The Balaban J connectivity index is 1.68. The molecule has 0 saturated carbocycles. The number of fused-ring (bicyclic) bond motifs is 1. The molecule has 0 aliphatic rings. The van der Waals surface area contributed by atoms with E-state index >= 15 is 0 Å². The summed E-state index contributed by atoms with van der Waals surface area (Å²) in [5, 5.41) is 6.38. The average Bonchev–Trinajstić information content (AvgIpc) is 2.62. The molecule has 2 amide bonds. The summed E-state index contributed by atoms with van der Waals surface area (Å²) in [6, 6.07) is 14.7. The molecule has 6 nitrogen and oxygen atoms in total. The number of aryl methyl sites for hydroxylation is 1. The first-order valence-corrected chi connectivity index (χ1v) is 8.15. The van der Waals surface area contributed by atoms with Gasteiger partial charge in [-0.15, -0.1) is 0 Å². The van der Waals surface area contributed by atoms with E-state index in [0.29, 0.717) is 22.6 Å². The summed E-state index contributed by atoms with van der Waals surface area (Å²) < 4.78 is 5.23. The Morgan fingerprint density at radius 2 is 1.73 bits per heavy atom. The van der Waals surface area contributed by atoms with E-state index in [0.717, 1.165) is 10.9 Å². The Labute approximate surface area is 151 Å². The van der Waals surface area contributed by atoms with Gasteiger partial charge in [0, 0.05) is 11.6 Å². The Hall–Kier alpha value is -3.41. The standard InChI is InChI=1S/C20H19N3O3/c1-13-8-9-17(26-2)16(11-13)23-19(25)12-18(24)22-15-7-3-5-14-6-4-10-21-20(14)15/h3-11H,12H2,1-2H3,(H,22,24)(H,23,25). The van der Waals surface area contributed by atoms with Crippen molar-refractivity contribution in [2.45, 2.75) is 13.3 Å². The van der Waals surface area contributed by atoms with Crippen molar-refractivity contribution in [1.29, 1.82) is 0 Å². The van der Waals surface area contributed by atoms with E-state index in [2.05, 4.69) is 15.6 Å². The molecule has 0 aliphatic heterocycles. The van der Waals surface area contributed by atoms with E-state index in [4.69, 9.17) is 4.74 Å². The molecule has 0 radical (unpaired) electrons. The summed E-state index contributed by atoms with van der Waals surface area (Å²) in [4.78, 5) is 28.7. The van der Waals surface area contributed by atoms with Crippen LogP contribution in [0, 0.1) is 6.92 Å². The van der Waals surface area contributed by atoms with Crippen molar-refractivity contribution in [3.8, 4) is 5.75 Å². The topological polar surface area (TPSA) is 80.3 Å². The van der Waals surface area contributed by atoms with E-state index < -0.39 is 11.8 Å². The smallest absolute Gasteiger partial charge is 0.233 e. The van der Waals surface area contributed by atoms with Gasteiger partial charge in [0.25, 0.3) is 0 Å². The number of rotatable bonds is 5. The van der Waals surface area contributed by atoms with Crippen LogP contribution in [0.2, 0.25) is 0 Å². The molecule has 26 heavy (non-hydrogen) atoms. The Kier molecular flexibility index (Phi) is 5.12. The van der Waals surface area contributed by atoms with Gasteiger partial charge in [-0.2, -0.15) is 0 Å². The lowest BCUT2D eigenvalue weighted by Gasteiger charge is -2.11. The predicted octanol–water partition coefficient (Wildman–Crippen LogP) is 3.52. The lowest BCUT2D eigenvalue weighted by molar-refractivity contribution is -0.123. The van der Waals surface area contributed by atoms with Crippen LogP contribution in [0.15, 0.2) is 54.7 Å². The number of pyridine rings is 1. The maximum absolute atomic E-state index is 12.2. The summed E-state index contributed by atoms with van der Waals surface area (Å²) in [5.41, 5.74) is 2.78. The molecule has 1 aromatic heterocycles. The van der Waals surface area contributed by atoms with E-state index in [1.165, 1.54) is 7.11 Å². The van der Waals surface area contributed by atoms with Gasteiger partial charge in [0.1, 0.15) is 12.2 Å². The molecule has 0 fully saturated rings. The van der Waals surface area contributed by atoms with Crippen LogP contribution in [-0.4, -0.2) is 23.9 Å². The summed E-state index contributed by atoms with van der Waals surface area (Å²) in [6.45, 7) is 1.91. The summed E-state index contributed by atoms with van der Waals surface area (Å²) in [5.74, 6) is -0.283. The highest BCUT2D eigenvalue weighted by atomic mass is 16.5. The molecule has 2 N–H and O–H groups in total. The number of carbonyl (C=O) groups excluding carboxylic acids is 2. The molecular weight excluding hydrogens is 330 g/mol. The maximum Gasteiger partial charge on any atom is 0.233 e. The number of carbonyl (C=O) groups is 2. The zero-order chi connectivity index (χ0) is 18.5. The minimum atomic E-state index is -0.417. The number of nitrogens with zero attached hydrogens (tertiary/aromatic N) is 1. The number of hydrogen-bond acceptors (Lipinski definition) is 4. The second-order valence-corrected chi connectivity index (χ2v) is 5.86. The lowest BCUT2D eigenvalue weighted by Crippen LogP contribution is -2.21. The minimum absolute atomic E-state index is 0.305. The highest BCUT2D eigenvalue weighted by molar-refractivity contribution is 6.10. The van der Waals surface area contributed by atoms with Crippen molar-refractivity contribution < 1.29 is 14.3 Å². The summed E-state index contributed by atoms with van der Waals surface area (Å²) >= 11 is 0. The first-order chi connectivity index (χ1) is 12.6. The van der Waals surface area contributed by atoms with Gasteiger partial charge in [0.15, 0.2) is 0 Å². The van der Waals surface area contributed by atoms with E-state index in [-0.39, 0.29) is 6.42 Å². The van der Waals surface area contributed by atoms with Gasteiger partial charge < -0.3 is 15.4 Å². The van der Waals surface area contributed by atoms with Crippen molar-refractivity contribution in [1.82, 2.24) is 4.98 Å². The third-order valence-electron chi connectivity index (χ3n) is 3.86. The molecule has 0 aliphatic carbocycles. The van der Waals surface area contributed by atoms with Crippen LogP contribution in [-0.2, 0) is 9.59 Å². The van der Waals surface area contributed by atoms with E-state index in [9.17, 15) is 9.59 Å². The highest BCUT2D eigenvalue weighted by Gasteiger charge is 2.13. The van der Waals surface area contributed by atoms with Crippen LogP contribution in [0.25, 0.3) is 10.9 Å². The van der Waals surface area contributed by atoms with Crippen LogP contribution in [0.3, 0.4) is 0 Å². The highest BCUT2D eigenvalue weighted by Crippen LogP contribution is 2.25. The largest absolute Gasteiger partial charge is 0.495 e. The molecule has 3 rings (SSSR count). The molecular formula is C20H19N3O3. The van der Waals surface area contributed by atoms with Gasteiger partial charge in [0.2, 0.25) is 11.8 Å². The number of benzene rings is 2. The van der Waals surface area contributed by atoms with Crippen LogP contribution < -0.4 is 15.4 Å². The van der Waals surface area contributed by atoms with Crippen molar-refractivity contribution >= 4 is 34.1 Å². The molecule has 2 aromatic carbocycles. The first-order valence-electron chi connectivity index (χ1n) is 8.15. The molecule has 132 valence electrons. The molecule has 0 atom stereocenters. The van der Waals surface area contributed by atoms with Crippen molar-refractivity contribution in [3.63, 3.8) is 0 Å². The number of ether oxygens (including phenoxy) is 1. The Morgan fingerprint density at radius 1 is 1.00 bits per heavy atom. The lowest BCUT2D eigenvalue weighted by atomic mass is 10.2. The second-order valence-electron chi connectivity index (χ2n) is 5.86. The normalized spacial score (nSPS) is 10.4.